The molecule has 16 nitrogen and oxygen atoms in total. The van der Waals surface area contributed by atoms with Crippen molar-refractivity contribution in [2.75, 3.05) is 59.5 Å². The van der Waals surface area contributed by atoms with E-state index in [9.17, 15) is 0 Å². The SMILES string of the molecule is NC(CO)(CO)CO.NC(CO)(CO)CO.NC(CO)(CO)CO.O=P([O-])([O-])[O-].[Na+].[Na+].[Na+]. The summed E-state index contributed by atoms with van der Waals surface area (Å²) >= 11 is 0. The van der Waals surface area contributed by atoms with Crippen molar-refractivity contribution in [3.8, 4) is 0 Å². The van der Waals surface area contributed by atoms with Gasteiger partial charge in [-0.25, -0.2) is 0 Å². The number of hydrogen-bond donors (Lipinski definition) is 12. The van der Waals surface area contributed by atoms with Gasteiger partial charge in [0.05, 0.1) is 76.1 Å². The van der Waals surface area contributed by atoms with Crippen LogP contribution < -0.4 is 121 Å². The maximum Gasteiger partial charge on any atom is 1.00 e. The van der Waals surface area contributed by atoms with Crippen LogP contribution in [0.25, 0.3) is 0 Å². The number of hydrogen-bond acceptors (Lipinski definition) is 16. The van der Waals surface area contributed by atoms with Gasteiger partial charge in [0.25, 0.3) is 0 Å². The summed E-state index contributed by atoms with van der Waals surface area (Å²) in [6.07, 6.45) is 0. The van der Waals surface area contributed by atoms with Crippen molar-refractivity contribution in [2.24, 2.45) is 17.2 Å². The summed E-state index contributed by atoms with van der Waals surface area (Å²) in [5.41, 5.74) is 11.8. The van der Waals surface area contributed by atoms with Crippen molar-refractivity contribution < 1.29 is 154 Å². The van der Waals surface area contributed by atoms with Gasteiger partial charge >= 0.3 is 88.7 Å². The Morgan fingerprint density at radius 2 is 0.531 bits per heavy atom. The van der Waals surface area contributed by atoms with Crippen LogP contribution in [-0.4, -0.2) is 122 Å². The van der Waals surface area contributed by atoms with E-state index in [0.29, 0.717) is 0 Å². The Kier molecular flexibility index (Phi) is 45.2. The summed E-state index contributed by atoms with van der Waals surface area (Å²) in [7, 11) is -5.39. The molecule has 32 heavy (non-hydrogen) atoms. The maximum absolute atomic E-state index is 8.55. The smallest absolute Gasteiger partial charge is 0.822 e. The normalized spacial score (nSPS) is 10.8. The van der Waals surface area contributed by atoms with E-state index in [-0.39, 0.29) is 88.7 Å². The Bertz CT molecular complexity index is 339. The van der Waals surface area contributed by atoms with Gasteiger partial charge in [-0.1, -0.05) is 0 Å². The molecule has 0 aliphatic heterocycles. The zero-order valence-corrected chi connectivity index (χ0v) is 25.6. The van der Waals surface area contributed by atoms with E-state index in [4.69, 9.17) is 82.4 Å². The molecule has 0 aliphatic rings. The quantitative estimate of drug-likeness (QED) is 0.0977. The van der Waals surface area contributed by atoms with Crippen molar-refractivity contribution in [2.45, 2.75) is 16.6 Å². The van der Waals surface area contributed by atoms with E-state index in [0.717, 1.165) is 0 Å². The van der Waals surface area contributed by atoms with Crippen LogP contribution in [-0.2, 0) is 4.57 Å². The number of rotatable bonds is 9. The van der Waals surface area contributed by atoms with Crippen LogP contribution in [0.3, 0.4) is 0 Å². The molecule has 0 saturated heterocycles. The molecule has 0 bridgehead atoms. The van der Waals surface area contributed by atoms with Crippen molar-refractivity contribution in [1.29, 1.82) is 0 Å². The van der Waals surface area contributed by atoms with E-state index < -0.39 is 83.9 Å². The maximum atomic E-state index is 8.55. The fourth-order valence-electron chi connectivity index (χ4n) is 0.450. The van der Waals surface area contributed by atoms with E-state index in [1.54, 1.807) is 0 Å². The second-order valence-corrected chi connectivity index (χ2v) is 6.85. The Morgan fingerprint density at radius 3 is 0.531 bits per heavy atom. The van der Waals surface area contributed by atoms with Crippen LogP contribution in [0.2, 0.25) is 0 Å². The zero-order valence-electron chi connectivity index (χ0n) is 18.7. The largest absolute Gasteiger partial charge is 1.00 e. The van der Waals surface area contributed by atoms with E-state index >= 15 is 0 Å². The number of nitrogens with two attached hydrogens (primary N) is 3. The van der Waals surface area contributed by atoms with Crippen LogP contribution in [0.4, 0.5) is 0 Å². The summed E-state index contributed by atoms with van der Waals surface area (Å²) in [6.45, 7) is -3.62. The summed E-state index contributed by atoms with van der Waals surface area (Å²) in [5, 5.41) is 75.1. The summed E-state index contributed by atoms with van der Waals surface area (Å²) in [6, 6.07) is 0. The average molecular weight is 527 g/mol. The first kappa shape index (κ1) is 51.3. The Labute approximate surface area is 252 Å². The fraction of sp³-hybridized carbons (Fsp3) is 1.00. The second kappa shape index (κ2) is 28.2. The van der Waals surface area contributed by atoms with Crippen LogP contribution in [0, 0.1) is 0 Å². The molecule has 0 heterocycles. The molecule has 0 fully saturated rings. The molecule has 0 unspecified atom stereocenters. The molecule has 0 saturated carbocycles. The molecule has 0 atom stereocenters. The minimum atomic E-state index is -5.39. The predicted octanol–water partition coefficient (Wildman–Crippen LogP) is -18.8. The first-order chi connectivity index (χ1) is 13.0. The van der Waals surface area contributed by atoms with Crippen LogP contribution >= 0.6 is 7.82 Å². The summed E-state index contributed by atoms with van der Waals surface area (Å²) in [4.78, 5) is 25.6. The zero-order chi connectivity index (χ0) is 24.4. The molecule has 0 spiro atoms. The molecule has 0 radical (unpaired) electrons. The molecule has 0 aromatic carbocycles. The number of aliphatic hydroxyl groups excluding tert-OH is 9. The van der Waals surface area contributed by atoms with Gasteiger partial charge < -0.3 is 82.4 Å². The Hall–Kier alpha value is 2.63. The topological polar surface area (TPSA) is 346 Å². The molecule has 182 valence electrons. The molecule has 20 heteroatoms. The third kappa shape index (κ3) is 37.2. The predicted molar refractivity (Wildman–Crippen MR) is 92.1 cm³/mol. The van der Waals surface area contributed by atoms with Gasteiger partial charge in [0.15, 0.2) is 0 Å². The second-order valence-electron chi connectivity index (χ2n) is 5.96. The minimum absolute atomic E-state index is 0. The molecule has 0 aromatic rings. The van der Waals surface area contributed by atoms with E-state index in [2.05, 4.69) is 0 Å². The molecular weight excluding hydrogens is 494 g/mol. The average Bonchev–Trinajstić information content (AvgIpc) is 2.71. The van der Waals surface area contributed by atoms with Gasteiger partial charge in [0.1, 0.15) is 0 Å². The number of phosphoric acid groups is 1. The first-order valence-electron chi connectivity index (χ1n) is 7.62. The molecule has 0 aromatic heterocycles. The van der Waals surface area contributed by atoms with Crippen molar-refractivity contribution in [1.82, 2.24) is 0 Å². The summed E-state index contributed by atoms with van der Waals surface area (Å²) < 4.78 is 8.55. The molecule has 0 rings (SSSR count). The van der Waals surface area contributed by atoms with E-state index in [1.165, 1.54) is 0 Å². The number of aliphatic hydroxyl groups is 9. The minimum Gasteiger partial charge on any atom is -0.822 e. The van der Waals surface area contributed by atoms with Crippen LogP contribution in [0.5, 0.6) is 0 Å². The molecular formula is C12H33N3Na3O13P. The standard InChI is InChI=1S/3C4H11NO3.3Na.H3O4P/c3*5-4(1-6,2-7)3-8;;;;1-5(2,3)4/h3*6-8H,1-3,5H2;;;;(H3,1,2,3,4)/q;;;3*+1;/p-3. The van der Waals surface area contributed by atoms with Gasteiger partial charge in [-0.05, 0) is 0 Å². The van der Waals surface area contributed by atoms with Crippen molar-refractivity contribution >= 4 is 7.82 Å². The summed E-state index contributed by atoms with van der Waals surface area (Å²) in [5.74, 6) is 0. The van der Waals surface area contributed by atoms with Gasteiger partial charge in [0, 0.05) is 0 Å². The van der Waals surface area contributed by atoms with Crippen LogP contribution in [0.15, 0.2) is 0 Å². The monoisotopic (exact) mass is 527 g/mol. The molecule has 0 aliphatic carbocycles. The van der Waals surface area contributed by atoms with Crippen LogP contribution in [0.1, 0.15) is 0 Å². The third-order valence-corrected chi connectivity index (χ3v) is 2.83. The van der Waals surface area contributed by atoms with Crippen molar-refractivity contribution in [3.05, 3.63) is 0 Å². The molecule has 0 amide bonds. The van der Waals surface area contributed by atoms with Crippen molar-refractivity contribution in [3.63, 3.8) is 0 Å². The molecule has 15 N–H and O–H groups in total. The van der Waals surface area contributed by atoms with Gasteiger partial charge in [0.2, 0.25) is 0 Å². The van der Waals surface area contributed by atoms with Gasteiger partial charge in [-0.2, -0.15) is 7.82 Å². The first-order valence-corrected chi connectivity index (χ1v) is 9.08. The third-order valence-electron chi connectivity index (χ3n) is 2.83. The van der Waals surface area contributed by atoms with E-state index in [1.807, 2.05) is 0 Å². The van der Waals surface area contributed by atoms with Gasteiger partial charge in [-0.15, -0.1) is 0 Å². The van der Waals surface area contributed by atoms with Gasteiger partial charge in [-0.3, -0.25) is 0 Å². The fourth-order valence-corrected chi connectivity index (χ4v) is 0.450. The Morgan fingerprint density at radius 1 is 0.469 bits per heavy atom. The Balaban J connectivity index is -0.0000000512.